The van der Waals surface area contributed by atoms with E-state index in [1.165, 1.54) is 10.4 Å². The molecule has 4 heterocycles. The number of thioether (sulfide) groups is 1. The quantitative estimate of drug-likeness (QED) is 0.261. The third kappa shape index (κ3) is 3.03. The molecule has 0 bridgehead atoms. The first-order valence-corrected chi connectivity index (χ1v) is 12.0. The Bertz CT molecular complexity index is 1220. The minimum absolute atomic E-state index is 0.0743. The molecular weight excluding hydrogens is 408 g/mol. The Morgan fingerprint density at radius 3 is 3.14 bits per heavy atom. The minimum atomic E-state index is 0.0743. The fourth-order valence-corrected chi connectivity index (χ4v) is 6.82. The molecule has 1 atom stereocenters. The zero-order valence-corrected chi connectivity index (χ0v) is 18.0. The lowest BCUT2D eigenvalue weighted by atomic mass is 9.89. The predicted molar refractivity (Wildman–Crippen MR) is 118 cm³/mol. The van der Waals surface area contributed by atoms with Crippen LogP contribution in [0.2, 0.25) is 0 Å². The lowest BCUT2D eigenvalue weighted by molar-refractivity contribution is 0.509. The van der Waals surface area contributed by atoms with Gasteiger partial charge in [-0.2, -0.15) is 0 Å². The highest BCUT2D eigenvalue weighted by Gasteiger charge is 2.24. The first-order chi connectivity index (χ1) is 13.6. The van der Waals surface area contributed by atoms with Crippen LogP contribution in [0, 0.1) is 5.92 Å². The van der Waals surface area contributed by atoms with Crippen LogP contribution in [0.4, 0.5) is 0 Å². The van der Waals surface area contributed by atoms with Crippen LogP contribution < -0.4 is 5.56 Å². The van der Waals surface area contributed by atoms with E-state index < -0.39 is 0 Å². The molecule has 1 aliphatic rings. The molecule has 144 valence electrons. The Balaban J connectivity index is 1.55. The van der Waals surface area contributed by atoms with E-state index in [2.05, 4.69) is 18.5 Å². The van der Waals surface area contributed by atoms with Gasteiger partial charge in [0, 0.05) is 34.9 Å². The zero-order chi connectivity index (χ0) is 19.3. The van der Waals surface area contributed by atoms with E-state index in [1.807, 2.05) is 22.2 Å². The Labute approximate surface area is 174 Å². The van der Waals surface area contributed by atoms with Gasteiger partial charge in [0.05, 0.1) is 11.1 Å². The average Bonchev–Trinajstić information content (AvgIpc) is 3.34. The summed E-state index contributed by atoms with van der Waals surface area (Å²) in [5, 5.41) is 3.61. The number of allylic oxidation sites excluding steroid dienone is 1. The first-order valence-electron chi connectivity index (χ1n) is 9.34. The van der Waals surface area contributed by atoms with E-state index in [0.29, 0.717) is 18.2 Å². The van der Waals surface area contributed by atoms with Crippen molar-refractivity contribution in [1.82, 2.24) is 18.9 Å². The third-order valence-corrected chi connectivity index (χ3v) is 8.11. The van der Waals surface area contributed by atoms with E-state index in [0.717, 1.165) is 45.3 Å². The van der Waals surface area contributed by atoms with Gasteiger partial charge in [0.25, 0.3) is 5.56 Å². The van der Waals surface area contributed by atoms with Gasteiger partial charge in [0.2, 0.25) is 0 Å². The summed E-state index contributed by atoms with van der Waals surface area (Å²) >= 11 is 4.90. The number of aromatic nitrogens is 4. The number of thiophene rings is 1. The topological polar surface area (TPSA) is 52.2 Å². The number of rotatable bonds is 5. The molecule has 0 fully saturated rings. The zero-order valence-electron chi connectivity index (χ0n) is 15.6. The van der Waals surface area contributed by atoms with Crippen molar-refractivity contribution in [1.29, 1.82) is 0 Å². The summed E-state index contributed by atoms with van der Waals surface area (Å²) in [5.41, 5.74) is 2.31. The molecule has 4 aromatic rings. The van der Waals surface area contributed by atoms with Crippen molar-refractivity contribution in [2.75, 3.05) is 0 Å². The van der Waals surface area contributed by atoms with Crippen molar-refractivity contribution in [3.8, 4) is 0 Å². The molecule has 0 amide bonds. The Morgan fingerprint density at radius 1 is 1.43 bits per heavy atom. The number of imidazole rings is 1. The van der Waals surface area contributed by atoms with Crippen LogP contribution in [-0.4, -0.2) is 18.9 Å². The summed E-state index contributed by atoms with van der Waals surface area (Å²) in [5.74, 6) is 1.37. The van der Waals surface area contributed by atoms with Crippen LogP contribution in [-0.2, 0) is 25.1 Å². The molecule has 0 saturated heterocycles. The van der Waals surface area contributed by atoms with Crippen molar-refractivity contribution in [2.45, 2.75) is 43.6 Å². The number of aryl methyl sites for hydroxylation is 1. The second-order valence-electron chi connectivity index (χ2n) is 7.24. The lowest BCUT2D eigenvalue weighted by Crippen LogP contribution is -2.23. The van der Waals surface area contributed by atoms with Crippen molar-refractivity contribution in [2.24, 2.45) is 5.92 Å². The number of thiazole rings is 1. The molecule has 0 radical (unpaired) electrons. The van der Waals surface area contributed by atoms with Gasteiger partial charge in [-0.3, -0.25) is 13.8 Å². The van der Waals surface area contributed by atoms with E-state index in [9.17, 15) is 4.79 Å². The highest BCUT2D eigenvalue weighted by Crippen LogP contribution is 2.36. The first kappa shape index (κ1) is 18.1. The van der Waals surface area contributed by atoms with E-state index >= 15 is 0 Å². The molecule has 0 saturated carbocycles. The van der Waals surface area contributed by atoms with Crippen molar-refractivity contribution in [3.05, 3.63) is 56.9 Å². The van der Waals surface area contributed by atoms with Crippen LogP contribution in [0.25, 0.3) is 15.2 Å². The molecule has 5 nitrogen and oxygen atoms in total. The van der Waals surface area contributed by atoms with Crippen molar-refractivity contribution in [3.63, 3.8) is 0 Å². The van der Waals surface area contributed by atoms with Gasteiger partial charge >= 0.3 is 0 Å². The van der Waals surface area contributed by atoms with Crippen LogP contribution in [0.5, 0.6) is 0 Å². The monoisotopic (exact) mass is 428 g/mol. The summed E-state index contributed by atoms with van der Waals surface area (Å²) in [6, 6.07) is 0. The van der Waals surface area contributed by atoms with E-state index in [4.69, 9.17) is 4.98 Å². The molecule has 1 aliphatic carbocycles. The summed E-state index contributed by atoms with van der Waals surface area (Å²) in [7, 11) is 0. The van der Waals surface area contributed by atoms with Gasteiger partial charge in [-0.15, -0.1) is 29.3 Å². The largest absolute Gasteiger partial charge is 0.297 e. The van der Waals surface area contributed by atoms with Gasteiger partial charge in [-0.1, -0.05) is 24.8 Å². The van der Waals surface area contributed by atoms with E-state index in [-0.39, 0.29) is 5.56 Å². The molecule has 1 unspecified atom stereocenters. The summed E-state index contributed by atoms with van der Waals surface area (Å²) < 4.78 is 3.80. The van der Waals surface area contributed by atoms with Crippen molar-refractivity contribution < 1.29 is 0 Å². The van der Waals surface area contributed by atoms with Gasteiger partial charge < -0.3 is 0 Å². The molecule has 0 spiro atoms. The highest BCUT2D eigenvalue weighted by molar-refractivity contribution is 7.98. The second-order valence-corrected chi connectivity index (χ2v) is 10.1. The molecule has 0 aliphatic heterocycles. The average molecular weight is 429 g/mol. The maximum atomic E-state index is 13.3. The number of hydrogen-bond donors (Lipinski definition) is 0. The Kier molecular flexibility index (Phi) is 4.65. The number of fused-ring (bicyclic) bond motifs is 4. The van der Waals surface area contributed by atoms with E-state index in [1.54, 1.807) is 45.1 Å². The highest BCUT2D eigenvalue weighted by atomic mass is 32.2. The maximum absolute atomic E-state index is 13.3. The summed E-state index contributed by atoms with van der Waals surface area (Å²) in [6.45, 7) is 6.60. The molecule has 5 rings (SSSR count). The van der Waals surface area contributed by atoms with Crippen molar-refractivity contribution >= 4 is 49.6 Å². The van der Waals surface area contributed by atoms with Crippen LogP contribution in [0.15, 0.2) is 40.4 Å². The standard InChI is InChI=1S/C20H20N4OS3/c1-3-6-24-18(25)16-14-5-4-12(2)9-15(14)28-17(16)22-20(24)27-11-13-10-23-7-8-26-19(23)21-13/h3,7-8,10,12H,1,4-6,9,11H2,2H3. The predicted octanol–water partition coefficient (Wildman–Crippen LogP) is 4.77. The normalized spacial score (nSPS) is 16.7. The van der Waals surface area contributed by atoms with Gasteiger partial charge in [0.15, 0.2) is 10.1 Å². The molecular formula is C20H20N4OS3. The maximum Gasteiger partial charge on any atom is 0.263 e. The number of nitrogens with zero attached hydrogens (tertiary/aromatic N) is 4. The van der Waals surface area contributed by atoms with Gasteiger partial charge in [-0.25, -0.2) is 9.97 Å². The minimum Gasteiger partial charge on any atom is -0.297 e. The summed E-state index contributed by atoms with van der Waals surface area (Å²) in [6.07, 6.45) is 9.01. The molecule has 8 heteroatoms. The molecule has 28 heavy (non-hydrogen) atoms. The molecule has 0 aromatic carbocycles. The van der Waals surface area contributed by atoms with Crippen LogP contribution in [0.1, 0.15) is 29.5 Å². The fourth-order valence-electron chi connectivity index (χ4n) is 3.79. The molecule has 4 aromatic heterocycles. The Morgan fingerprint density at radius 2 is 2.32 bits per heavy atom. The van der Waals surface area contributed by atoms with Crippen LogP contribution in [0.3, 0.4) is 0 Å². The molecule has 0 N–H and O–H groups in total. The van der Waals surface area contributed by atoms with Gasteiger partial charge in [-0.05, 0) is 30.7 Å². The Hall–Kier alpha value is -1.90. The van der Waals surface area contributed by atoms with Gasteiger partial charge in [0.1, 0.15) is 4.83 Å². The SMILES string of the molecule is C=CCn1c(SCc2cn3ccsc3n2)nc2sc3c(c2c1=O)CCC(C)C3. The summed E-state index contributed by atoms with van der Waals surface area (Å²) in [4.78, 5) is 26.1. The van der Waals surface area contributed by atoms with Crippen LogP contribution >= 0.6 is 34.4 Å². The fraction of sp³-hybridized carbons (Fsp3) is 0.350. The smallest absolute Gasteiger partial charge is 0.263 e. The second kappa shape index (κ2) is 7.17. The lowest BCUT2D eigenvalue weighted by Gasteiger charge is -2.17. The third-order valence-electron chi connectivity index (χ3n) is 5.18. The number of hydrogen-bond acceptors (Lipinski definition) is 6.